The molecule has 0 aromatic carbocycles. The Kier molecular flexibility index (Phi) is 4.79. The maximum Gasteiger partial charge on any atom is 0.340 e. The van der Waals surface area contributed by atoms with E-state index in [1.165, 1.54) is 7.11 Å². The highest BCUT2D eigenvalue weighted by Crippen LogP contribution is 2.25. The molecule has 1 saturated heterocycles. The Morgan fingerprint density at radius 3 is 2.70 bits per heavy atom. The number of aromatic nitrogens is 1. The van der Waals surface area contributed by atoms with Crippen LogP contribution in [0.5, 0.6) is 0 Å². The van der Waals surface area contributed by atoms with Crippen LogP contribution in [0.25, 0.3) is 0 Å². The van der Waals surface area contributed by atoms with Crippen LogP contribution < -0.4 is 10.6 Å². The van der Waals surface area contributed by atoms with E-state index in [0.717, 1.165) is 39.1 Å². The number of ether oxygens (including phenoxy) is 1. The fourth-order valence-electron chi connectivity index (χ4n) is 2.50. The number of nitrogens with two attached hydrogens (primary N) is 1. The number of nitrogen functional groups attached to an aromatic ring is 1. The Bertz CT molecular complexity index is 470. The molecule has 0 bridgehead atoms. The average molecular weight is 278 g/mol. The number of piperazine rings is 1. The smallest absolute Gasteiger partial charge is 0.340 e. The molecule has 0 radical (unpaired) electrons. The Hall–Kier alpha value is -1.82. The predicted octanol–water partition coefficient (Wildman–Crippen LogP) is 0.982. The molecule has 6 heteroatoms. The fraction of sp³-hybridized carbons (Fsp3) is 0.571. The number of pyridine rings is 1. The first-order valence-corrected chi connectivity index (χ1v) is 6.97. The lowest BCUT2D eigenvalue weighted by Crippen LogP contribution is -2.47. The van der Waals surface area contributed by atoms with Crippen LogP contribution in [-0.2, 0) is 4.74 Å². The summed E-state index contributed by atoms with van der Waals surface area (Å²) in [7, 11) is 1.35. The number of carbonyl (C=O) groups is 1. The van der Waals surface area contributed by atoms with E-state index >= 15 is 0 Å². The zero-order valence-corrected chi connectivity index (χ0v) is 12.1. The first-order valence-electron chi connectivity index (χ1n) is 6.97. The summed E-state index contributed by atoms with van der Waals surface area (Å²) >= 11 is 0. The summed E-state index contributed by atoms with van der Waals surface area (Å²) in [4.78, 5) is 20.5. The van der Waals surface area contributed by atoms with Gasteiger partial charge in [-0.05, 0) is 19.0 Å². The largest absolute Gasteiger partial charge is 0.465 e. The van der Waals surface area contributed by atoms with Crippen molar-refractivity contribution in [1.29, 1.82) is 0 Å². The summed E-state index contributed by atoms with van der Waals surface area (Å²) in [5.41, 5.74) is 6.85. The Morgan fingerprint density at radius 2 is 2.10 bits per heavy atom. The van der Waals surface area contributed by atoms with E-state index < -0.39 is 5.97 Å². The Morgan fingerprint density at radius 1 is 1.40 bits per heavy atom. The van der Waals surface area contributed by atoms with Crippen molar-refractivity contribution >= 4 is 17.5 Å². The molecule has 2 heterocycles. The molecular weight excluding hydrogens is 256 g/mol. The van der Waals surface area contributed by atoms with Crippen LogP contribution in [0.1, 0.15) is 23.7 Å². The van der Waals surface area contributed by atoms with Gasteiger partial charge in [0.2, 0.25) is 0 Å². The lowest BCUT2D eigenvalue weighted by atomic mass is 10.2. The second-order valence-electron chi connectivity index (χ2n) is 4.92. The summed E-state index contributed by atoms with van der Waals surface area (Å²) in [5.74, 6) is 0.264. The molecule has 20 heavy (non-hydrogen) atoms. The quantitative estimate of drug-likeness (QED) is 0.828. The molecule has 1 fully saturated rings. The van der Waals surface area contributed by atoms with Crippen LogP contribution in [-0.4, -0.2) is 55.7 Å². The molecule has 110 valence electrons. The van der Waals surface area contributed by atoms with Crippen LogP contribution in [0.4, 0.5) is 11.5 Å². The molecule has 2 rings (SSSR count). The Labute approximate surface area is 119 Å². The number of hydrogen-bond donors (Lipinski definition) is 1. The number of carbonyl (C=O) groups excluding carboxylic acids is 1. The van der Waals surface area contributed by atoms with Crippen molar-refractivity contribution in [2.45, 2.75) is 13.3 Å². The molecular formula is C14H22N4O2. The minimum atomic E-state index is -0.421. The van der Waals surface area contributed by atoms with Gasteiger partial charge in [-0.3, -0.25) is 4.90 Å². The molecule has 2 N–H and O–H groups in total. The standard InChI is InChI=1S/C14H22N4O2/c1-3-6-17-7-9-18(10-8-17)13-12(15)11(4-5-16-13)14(19)20-2/h4-5H,3,6-10,15H2,1-2H3. The van der Waals surface area contributed by atoms with Gasteiger partial charge in [0, 0.05) is 32.4 Å². The highest BCUT2D eigenvalue weighted by atomic mass is 16.5. The second-order valence-corrected chi connectivity index (χ2v) is 4.92. The van der Waals surface area contributed by atoms with Gasteiger partial charge >= 0.3 is 5.97 Å². The first kappa shape index (κ1) is 14.6. The fourth-order valence-corrected chi connectivity index (χ4v) is 2.50. The Balaban J connectivity index is 2.12. The molecule has 6 nitrogen and oxygen atoms in total. The van der Waals surface area contributed by atoms with Gasteiger partial charge in [-0.1, -0.05) is 6.92 Å². The third-order valence-electron chi connectivity index (χ3n) is 3.59. The van der Waals surface area contributed by atoms with Crippen molar-refractivity contribution in [2.75, 3.05) is 50.5 Å². The van der Waals surface area contributed by atoms with E-state index in [-0.39, 0.29) is 0 Å². The lowest BCUT2D eigenvalue weighted by molar-refractivity contribution is 0.0602. The number of anilines is 2. The van der Waals surface area contributed by atoms with Crippen LogP contribution in [0, 0.1) is 0 Å². The monoisotopic (exact) mass is 278 g/mol. The molecule has 1 aromatic rings. The van der Waals surface area contributed by atoms with Crippen LogP contribution in [0.2, 0.25) is 0 Å². The summed E-state index contributed by atoms with van der Waals surface area (Å²) in [5, 5.41) is 0. The van der Waals surface area contributed by atoms with Crippen molar-refractivity contribution < 1.29 is 9.53 Å². The van der Waals surface area contributed by atoms with Crippen molar-refractivity contribution in [3.05, 3.63) is 17.8 Å². The van der Waals surface area contributed by atoms with Crippen molar-refractivity contribution in [2.24, 2.45) is 0 Å². The molecule has 1 aromatic heterocycles. The van der Waals surface area contributed by atoms with E-state index in [4.69, 9.17) is 10.5 Å². The van der Waals surface area contributed by atoms with Crippen molar-refractivity contribution in [3.8, 4) is 0 Å². The van der Waals surface area contributed by atoms with Gasteiger partial charge in [0.1, 0.15) is 0 Å². The van der Waals surface area contributed by atoms with Crippen LogP contribution in [0.15, 0.2) is 12.3 Å². The van der Waals surface area contributed by atoms with Gasteiger partial charge in [-0.25, -0.2) is 9.78 Å². The minimum Gasteiger partial charge on any atom is -0.465 e. The first-order chi connectivity index (χ1) is 9.67. The van der Waals surface area contributed by atoms with Gasteiger partial charge in [-0.2, -0.15) is 0 Å². The molecule has 1 aliphatic rings. The van der Waals surface area contributed by atoms with Gasteiger partial charge < -0.3 is 15.4 Å². The van der Waals surface area contributed by atoms with Gasteiger partial charge in [0.05, 0.1) is 18.4 Å². The summed E-state index contributed by atoms with van der Waals surface area (Å²) in [6.07, 6.45) is 2.77. The van der Waals surface area contributed by atoms with Gasteiger partial charge in [0.25, 0.3) is 0 Å². The maximum absolute atomic E-state index is 11.6. The van der Waals surface area contributed by atoms with Gasteiger partial charge in [-0.15, -0.1) is 0 Å². The molecule has 0 spiro atoms. The molecule has 0 unspecified atom stereocenters. The number of rotatable bonds is 4. The zero-order chi connectivity index (χ0) is 14.5. The molecule has 0 atom stereocenters. The summed E-state index contributed by atoms with van der Waals surface area (Å²) in [6, 6.07) is 1.60. The van der Waals surface area contributed by atoms with Crippen LogP contribution in [0.3, 0.4) is 0 Å². The van der Waals surface area contributed by atoms with Crippen molar-refractivity contribution in [3.63, 3.8) is 0 Å². The normalized spacial score (nSPS) is 16.2. The van der Waals surface area contributed by atoms with Gasteiger partial charge in [0.15, 0.2) is 5.82 Å². The molecule has 1 aliphatic heterocycles. The summed E-state index contributed by atoms with van der Waals surface area (Å²) in [6.45, 7) is 7.06. The zero-order valence-electron chi connectivity index (χ0n) is 12.1. The number of hydrogen-bond acceptors (Lipinski definition) is 6. The third-order valence-corrected chi connectivity index (χ3v) is 3.59. The number of esters is 1. The highest BCUT2D eigenvalue weighted by molar-refractivity contribution is 5.97. The second kappa shape index (κ2) is 6.56. The van der Waals surface area contributed by atoms with E-state index in [0.29, 0.717) is 17.1 Å². The summed E-state index contributed by atoms with van der Waals surface area (Å²) < 4.78 is 4.73. The maximum atomic E-state index is 11.6. The minimum absolute atomic E-state index is 0.383. The van der Waals surface area contributed by atoms with E-state index in [1.54, 1.807) is 12.3 Å². The molecule has 0 aliphatic carbocycles. The highest BCUT2D eigenvalue weighted by Gasteiger charge is 2.22. The lowest BCUT2D eigenvalue weighted by Gasteiger charge is -2.35. The van der Waals surface area contributed by atoms with E-state index in [9.17, 15) is 4.79 Å². The third kappa shape index (κ3) is 3.01. The average Bonchev–Trinajstić information content (AvgIpc) is 2.48. The predicted molar refractivity (Wildman–Crippen MR) is 78.9 cm³/mol. The number of methoxy groups -OCH3 is 1. The van der Waals surface area contributed by atoms with Crippen LogP contribution >= 0.6 is 0 Å². The molecule has 0 amide bonds. The SMILES string of the molecule is CCCN1CCN(c2nccc(C(=O)OC)c2N)CC1. The van der Waals surface area contributed by atoms with E-state index in [2.05, 4.69) is 21.7 Å². The topological polar surface area (TPSA) is 71.7 Å². The van der Waals surface area contributed by atoms with Crippen molar-refractivity contribution in [1.82, 2.24) is 9.88 Å². The molecule has 0 saturated carbocycles. The van der Waals surface area contributed by atoms with E-state index in [1.807, 2.05) is 0 Å². The number of nitrogens with zero attached hydrogens (tertiary/aromatic N) is 3.